The van der Waals surface area contributed by atoms with Gasteiger partial charge in [0, 0.05) is 29.3 Å². The van der Waals surface area contributed by atoms with Gasteiger partial charge in [-0.2, -0.15) is 0 Å². The third-order valence-electron chi connectivity index (χ3n) is 4.33. The number of amides is 1. The molecule has 0 radical (unpaired) electrons. The second-order valence-electron chi connectivity index (χ2n) is 6.42. The fourth-order valence-corrected chi connectivity index (χ4v) is 3.40. The Morgan fingerprint density at radius 3 is 2.54 bits per heavy atom. The molecule has 0 aliphatic rings. The molecule has 5 nitrogen and oxygen atoms in total. The Morgan fingerprint density at radius 1 is 1.00 bits per heavy atom. The third-order valence-corrected chi connectivity index (χ3v) is 4.33. The van der Waals surface area contributed by atoms with Gasteiger partial charge in [-0.05, 0) is 43.2 Å². The fourth-order valence-electron chi connectivity index (χ4n) is 3.40. The first-order valence-corrected chi connectivity index (χ1v) is 8.28. The van der Waals surface area contributed by atoms with Crippen molar-refractivity contribution >= 4 is 33.5 Å². The van der Waals surface area contributed by atoms with Crippen molar-refractivity contribution in [3.63, 3.8) is 0 Å². The first kappa shape index (κ1) is 16.1. The van der Waals surface area contributed by atoms with Gasteiger partial charge in [-0.25, -0.2) is 4.79 Å². The topological polar surface area (TPSA) is 72.5 Å². The van der Waals surface area contributed by atoms with Gasteiger partial charge >= 0.3 is 5.63 Å². The van der Waals surface area contributed by atoms with E-state index >= 15 is 0 Å². The predicted molar refractivity (Wildman–Crippen MR) is 101 cm³/mol. The molecule has 0 spiro atoms. The van der Waals surface area contributed by atoms with Crippen LogP contribution in [0.2, 0.25) is 0 Å². The molecule has 1 N–H and O–H groups in total. The average Bonchev–Trinajstić information content (AvgIpc) is 2.91. The Labute approximate surface area is 149 Å². The highest BCUT2D eigenvalue weighted by Gasteiger charge is 2.21. The maximum absolute atomic E-state index is 12.2. The molecule has 0 saturated carbocycles. The predicted octanol–water partition coefficient (Wildman–Crippen LogP) is 4.78. The summed E-state index contributed by atoms with van der Waals surface area (Å²) >= 11 is 0. The van der Waals surface area contributed by atoms with Gasteiger partial charge in [0.05, 0.1) is 5.69 Å². The normalized spacial score (nSPS) is 11.2. The van der Waals surface area contributed by atoms with Crippen LogP contribution in [-0.2, 0) is 4.79 Å². The molecule has 0 aliphatic carbocycles. The Kier molecular flexibility index (Phi) is 3.65. The number of para-hydroxylation sites is 1. The average molecular weight is 347 g/mol. The number of rotatable bonds is 2. The van der Waals surface area contributed by atoms with E-state index in [1.165, 1.54) is 13.0 Å². The lowest BCUT2D eigenvalue weighted by Crippen LogP contribution is -2.07. The minimum absolute atomic E-state index is 0.211. The van der Waals surface area contributed by atoms with Crippen LogP contribution in [-0.4, -0.2) is 5.91 Å². The first-order valence-electron chi connectivity index (χ1n) is 8.28. The molecule has 4 rings (SSSR count). The van der Waals surface area contributed by atoms with E-state index in [2.05, 4.69) is 5.32 Å². The van der Waals surface area contributed by atoms with E-state index in [9.17, 15) is 9.59 Å². The van der Waals surface area contributed by atoms with Crippen molar-refractivity contribution < 1.29 is 13.6 Å². The van der Waals surface area contributed by atoms with Gasteiger partial charge in [-0.1, -0.05) is 18.2 Å². The summed E-state index contributed by atoms with van der Waals surface area (Å²) in [5, 5.41) is 4.42. The third kappa shape index (κ3) is 2.58. The van der Waals surface area contributed by atoms with Crippen LogP contribution in [0, 0.1) is 13.8 Å². The van der Waals surface area contributed by atoms with E-state index in [1.807, 2.05) is 50.2 Å². The van der Waals surface area contributed by atoms with Crippen molar-refractivity contribution in [1.82, 2.24) is 0 Å². The number of hydrogen-bond donors (Lipinski definition) is 1. The standard InChI is InChI=1S/C21H17NO4/c1-11-8-12(2)19-15(10-18(24)25-17(19)9-11)21-20(22-13(3)23)14-6-4-5-7-16(14)26-21/h4-10H,1-3H3,(H,22,23). The van der Waals surface area contributed by atoms with Gasteiger partial charge < -0.3 is 14.2 Å². The smallest absolute Gasteiger partial charge is 0.336 e. The fraction of sp³-hybridized carbons (Fsp3) is 0.143. The summed E-state index contributed by atoms with van der Waals surface area (Å²) in [5.41, 5.74) is 3.80. The minimum atomic E-state index is -0.466. The van der Waals surface area contributed by atoms with Crippen molar-refractivity contribution in [2.75, 3.05) is 5.32 Å². The quantitative estimate of drug-likeness (QED) is 0.530. The van der Waals surface area contributed by atoms with Crippen LogP contribution >= 0.6 is 0 Å². The highest BCUT2D eigenvalue weighted by atomic mass is 16.4. The molecular formula is C21H17NO4. The Balaban J connectivity index is 2.14. The highest BCUT2D eigenvalue weighted by molar-refractivity contribution is 6.09. The molecule has 0 unspecified atom stereocenters. The van der Waals surface area contributed by atoms with E-state index in [-0.39, 0.29) is 5.91 Å². The van der Waals surface area contributed by atoms with Gasteiger partial charge in [0.25, 0.3) is 0 Å². The SMILES string of the molecule is CC(=O)Nc1c(-c2cc(=O)oc3cc(C)cc(C)c23)oc2ccccc12. The number of anilines is 1. The molecule has 0 aliphatic heterocycles. The van der Waals surface area contributed by atoms with E-state index in [4.69, 9.17) is 8.83 Å². The second-order valence-corrected chi connectivity index (χ2v) is 6.42. The lowest BCUT2D eigenvalue weighted by atomic mass is 10.00. The Hall–Kier alpha value is -3.34. The molecule has 0 atom stereocenters. The van der Waals surface area contributed by atoms with Crippen molar-refractivity contribution in [1.29, 1.82) is 0 Å². The molecule has 130 valence electrons. The van der Waals surface area contributed by atoms with Crippen molar-refractivity contribution in [2.45, 2.75) is 20.8 Å². The van der Waals surface area contributed by atoms with Crippen LogP contribution < -0.4 is 10.9 Å². The summed E-state index contributed by atoms with van der Waals surface area (Å²) in [6, 6.07) is 12.7. The number of aryl methyl sites for hydroxylation is 2. The molecule has 2 aromatic heterocycles. The monoisotopic (exact) mass is 347 g/mol. The number of benzene rings is 2. The molecule has 2 heterocycles. The Morgan fingerprint density at radius 2 is 1.77 bits per heavy atom. The van der Waals surface area contributed by atoms with Crippen LogP contribution in [0.4, 0.5) is 5.69 Å². The first-order chi connectivity index (χ1) is 12.4. The van der Waals surface area contributed by atoms with Crippen LogP contribution in [0.3, 0.4) is 0 Å². The van der Waals surface area contributed by atoms with E-state index in [1.54, 1.807) is 0 Å². The number of furan rings is 1. The maximum atomic E-state index is 12.2. The van der Waals surface area contributed by atoms with E-state index in [0.29, 0.717) is 28.2 Å². The molecule has 5 heteroatoms. The van der Waals surface area contributed by atoms with Gasteiger partial charge in [0.2, 0.25) is 5.91 Å². The number of fused-ring (bicyclic) bond motifs is 2. The van der Waals surface area contributed by atoms with Gasteiger partial charge in [-0.15, -0.1) is 0 Å². The van der Waals surface area contributed by atoms with Crippen LogP contribution in [0.15, 0.2) is 56.1 Å². The summed E-state index contributed by atoms with van der Waals surface area (Å²) in [4.78, 5) is 23.9. The van der Waals surface area contributed by atoms with Crippen LogP contribution in [0.1, 0.15) is 18.1 Å². The molecule has 0 bridgehead atoms. The summed E-state index contributed by atoms with van der Waals surface area (Å²) in [6.07, 6.45) is 0. The minimum Gasteiger partial charge on any atom is -0.454 e. The largest absolute Gasteiger partial charge is 0.454 e. The number of nitrogens with one attached hydrogen (secondary N) is 1. The summed E-state index contributed by atoms with van der Waals surface area (Å²) in [6.45, 7) is 5.35. The van der Waals surface area contributed by atoms with Crippen LogP contribution in [0.5, 0.6) is 0 Å². The number of carbonyl (C=O) groups is 1. The van der Waals surface area contributed by atoms with Crippen molar-refractivity contribution in [3.8, 4) is 11.3 Å². The molecule has 0 saturated heterocycles. The zero-order valence-corrected chi connectivity index (χ0v) is 14.7. The van der Waals surface area contributed by atoms with Gasteiger partial charge in [0.1, 0.15) is 11.2 Å². The lowest BCUT2D eigenvalue weighted by Gasteiger charge is -2.09. The summed E-state index contributed by atoms with van der Waals surface area (Å²) < 4.78 is 11.4. The van der Waals surface area contributed by atoms with Crippen molar-refractivity contribution in [3.05, 3.63) is 64.0 Å². The van der Waals surface area contributed by atoms with Crippen LogP contribution in [0.25, 0.3) is 33.3 Å². The molecule has 26 heavy (non-hydrogen) atoms. The summed E-state index contributed by atoms with van der Waals surface area (Å²) in [5.74, 6) is 0.240. The van der Waals surface area contributed by atoms with E-state index in [0.717, 1.165) is 21.9 Å². The number of hydrogen-bond acceptors (Lipinski definition) is 4. The molecule has 0 fully saturated rings. The van der Waals surface area contributed by atoms with Gasteiger partial charge in [-0.3, -0.25) is 4.79 Å². The second kappa shape index (κ2) is 5.88. The highest BCUT2D eigenvalue weighted by Crippen LogP contribution is 2.41. The van der Waals surface area contributed by atoms with Crippen molar-refractivity contribution in [2.24, 2.45) is 0 Å². The maximum Gasteiger partial charge on any atom is 0.336 e. The molecule has 4 aromatic rings. The molecular weight excluding hydrogens is 330 g/mol. The Bertz CT molecular complexity index is 1230. The van der Waals surface area contributed by atoms with E-state index < -0.39 is 5.63 Å². The summed E-state index contributed by atoms with van der Waals surface area (Å²) in [7, 11) is 0. The van der Waals surface area contributed by atoms with Gasteiger partial charge in [0.15, 0.2) is 5.76 Å². The lowest BCUT2D eigenvalue weighted by molar-refractivity contribution is -0.114. The molecule has 1 amide bonds. The zero-order valence-electron chi connectivity index (χ0n) is 14.7. The molecule has 2 aromatic carbocycles. The zero-order chi connectivity index (χ0) is 18.4. The number of carbonyl (C=O) groups excluding carboxylic acids is 1.